The number of carbonyl (C=O) groups excluding carboxylic acids is 1. The molecule has 1 aliphatic heterocycles. The fourth-order valence-corrected chi connectivity index (χ4v) is 2.53. The number of amides is 1. The van der Waals surface area contributed by atoms with Crippen LogP contribution < -0.4 is 5.32 Å². The summed E-state index contributed by atoms with van der Waals surface area (Å²) >= 11 is 0. The van der Waals surface area contributed by atoms with Gasteiger partial charge in [0.15, 0.2) is 5.88 Å². The molecule has 0 aromatic heterocycles. The number of hydrogen-bond acceptors (Lipinski definition) is 3. The van der Waals surface area contributed by atoms with Crippen molar-refractivity contribution in [3.63, 3.8) is 0 Å². The Morgan fingerprint density at radius 3 is 2.85 bits per heavy atom. The Morgan fingerprint density at radius 2 is 2.15 bits per heavy atom. The van der Waals surface area contributed by atoms with E-state index in [1.54, 1.807) is 0 Å². The number of nitrogens with zero attached hydrogens (tertiary/aromatic N) is 1. The van der Waals surface area contributed by atoms with Crippen molar-refractivity contribution >= 4 is 5.91 Å². The fraction of sp³-hybridized carbons (Fsp3) is 0.688. The number of ether oxygens (including phenoxy) is 1. The van der Waals surface area contributed by atoms with Crippen molar-refractivity contribution in [1.82, 2.24) is 10.2 Å². The highest BCUT2D eigenvalue weighted by Crippen LogP contribution is 2.25. The van der Waals surface area contributed by atoms with E-state index in [1.165, 1.54) is 0 Å². The van der Waals surface area contributed by atoms with E-state index in [1.807, 2.05) is 11.0 Å². The van der Waals surface area contributed by atoms with Crippen LogP contribution in [0.3, 0.4) is 0 Å². The highest BCUT2D eigenvalue weighted by Gasteiger charge is 2.35. The van der Waals surface area contributed by atoms with Crippen LogP contribution in [-0.4, -0.2) is 36.0 Å². The largest absolute Gasteiger partial charge is 0.479 e. The van der Waals surface area contributed by atoms with Crippen LogP contribution in [0.15, 0.2) is 25.1 Å². The van der Waals surface area contributed by atoms with Crippen molar-refractivity contribution in [3.8, 4) is 0 Å². The predicted octanol–water partition coefficient (Wildman–Crippen LogP) is 2.57. The summed E-state index contributed by atoms with van der Waals surface area (Å²) in [5.41, 5.74) is 0. The van der Waals surface area contributed by atoms with Gasteiger partial charge in [0.2, 0.25) is 5.91 Å². The highest BCUT2D eigenvalue weighted by molar-refractivity contribution is 5.82. The van der Waals surface area contributed by atoms with E-state index in [4.69, 9.17) is 4.74 Å². The van der Waals surface area contributed by atoms with Gasteiger partial charge in [-0.2, -0.15) is 0 Å². The van der Waals surface area contributed by atoms with E-state index < -0.39 is 0 Å². The van der Waals surface area contributed by atoms with Crippen LogP contribution in [0, 0.1) is 0 Å². The lowest BCUT2D eigenvalue weighted by Crippen LogP contribution is -2.43. The quantitative estimate of drug-likeness (QED) is 0.400. The van der Waals surface area contributed by atoms with E-state index in [0.717, 1.165) is 51.5 Å². The topological polar surface area (TPSA) is 41.6 Å². The average molecular weight is 278 g/mol. The van der Waals surface area contributed by atoms with Gasteiger partial charge >= 0.3 is 0 Å². The molecule has 4 nitrogen and oxygen atoms in total. The summed E-state index contributed by atoms with van der Waals surface area (Å²) in [6, 6.07) is 0.328. The third kappa shape index (κ3) is 4.29. The van der Waals surface area contributed by atoms with Crippen molar-refractivity contribution in [2.45, 2.75) is 57.0 Å². The summed E-state index contributed by atoms with van der Waals surface area (Å²) < 4.78 is 5.69. The maximum Gasteiger partial charge on any atom is 0.243 e. The Hall–Kier alpha value is -1.45. The maximum absolute atomic E-state index is 12.2. The van der Waals surface area contributed by atoms with Crippen molar-refractivity contribution in [2.75, 3.05) is 13.2 Å². The fourth-order valence-electron chi connectivity index (χ4n) is 2.53. The normalized spacial score (nSPS) is 21.6. The summed E-state index contributed by atoms with van der Waals surface area (Å²) in [5.74, 6) is 0.790. The van der Waals surface area contributed by atoms with Gasteiger partial charge in [0.25, 0.3) is 0 Å². The number of allylic oxidation sites excluding steroid dienone is 1. The van der Waals surface area contributed by atoms with Crippen molar-refractivity contribution < 1.29 is 9.53 Å². The molecule has 1 atom stereocenters. The Balaban J connectivity index is 1.72. The minimum absolute atomic E-state index is 0.0868. The first-order valence-corrected chi connectivity index (χ1v) is 7.72. The molecule has 0 aromatic rings. The lowest BCUT2D eigenvalue weighted by atomic mass is 10.2. The van der Waals surface area contributed by atoms with Crippen LogP contribution in [0.25, 0.3) is 0 Å². The number of carbonyl (C=O) groups is 1. The number of likely N-dealkylation sites (tertiary alicyclic amines) is 1. The monoisotopic (exact) mass is 278 g/mol. The highest BCUT2D eigenvalue weighted by atomic mass is 16.5. The molecule has 1 amide bonds. The number of nitrogens with one attached hydrogen (secondary N) is 1. The molecule has 2 fully saturated rings. The Kier molecular flexibility index (Phi) is 5.50. The first-order chi connectivity index (χ1) is 9.72. The molecule has 0 spiro atoms. The van der Waals surface area contributed by atoms with Crippen molar-refractivity contribution in [1.29, 1.82) is 0 Å². The number of unbranched alkanes of at least 4 members (excludes halogenated alkanes) is 2. The lowest BCUT2D eigenvalue weighted by molar-refractivity contribution is -0.125. The minimum atomic E-state index is -0.0868. The Morgan fingerprint density at radius 1 is 1.35 bits per heavy atom. The van der Waals surface area contributed by atoms with Crippen LogP contribution in [0.2, 0.25) is 0 Å². The molecule has 20 heavy (non-hydrogen) atoms. The van der Waals surface area contributed by atoms with Crippen LogP contribution >= 0.6 is 0 Å². The van der Waals surface area contributed by atoms with E-state index in [9.17, 15) is 4.79 Å². The van der Waals surface area contributed by atoms with E-state index >= 15 is 0 Å². The SMILES string of the molecule is C=CCCCCOC(=C)N1CCC[C@H]1C(=O)NC1CC1. The standard InChI is InChI=1S/C16H26N2O2/c1-3-4-5-6-12-20-13(2)18-11-7-8-15(18)16(19)17-14-9-10-14/h3,14-15H,1-2,4-12H2,(H,17,19)/t15-/m0/s1. The van der Waals surface area contributed by atoms with Gasteiger partial charge < -0.3 is 15.0 Å². The molecule has 0 radical (unpaired) electrons. The number of rotatable bonds is 9. The van der Waals surface area contributed by atoms with Gasteiger partial charge in [-0.3, -0.25) is 4.79 Å². The number of hydrogen-bond donors (Lipinski definition) is 1. The molecule has 2 rings (SSSR count). The minimum Gasteiger partial charge on any atom is -0.479 e. The molecular weight excluding hydrogens is 252 g/mol. The molecule has 2 aliphatic rings. The molecule has 1 saturated carbocycles. The molecule has 1 saturated heterocycles. The van der Waals surface area contributed by atoms with Gasteiger partial charge in [0, 0.05) is 12.6 Å². The summed E-state index contributed by atoms with van der Waals surface area (Å²) in [6.07, 6.45) is 9.21. The molecule has 0 unspecified atom stereocenters. The van der Waals surface area contributed by atoms with Crippen LogP contribution in [-0.2, 0) is 9.53 Å². The van der Waals surface area contributed by atoms with Gasteiger partial charge in [0.05, 0.1) is 6.61 Å². The van der Waals surface area contributed by atoms with Crippen molar-refractivity contribution in [3.05, 3.63) is 25.1 Å². The van der Waals surface area contributed by atoms with Gasteiger partial charge in [-0.25, -0.2) is 0 Å². The smallest absolute Gasteiger partial charge is 0.243 e. The van der Waals surface area contributed by atoms with Crippen molar-refractivity contribution in [2.24, 2.45) is 0 Å². The molecular formula is C16H26N2O2. The Bertz CT molecular complexity index is 363. The van der Waals surface area contributed by atoms with Gasteiger partial charge in [-0.05, 0) is 51.5 Å². The van der Waals surface area contributed by atoms with E-state index in [-0.39, 0.29) is 11.9 Å². The van der Waals surface area contributed by atoms with E-state index in [0.29, 0.717) is 18.5 Å². The molecule has 112 valence electrons. The summed E-state index contributed by atoms with van der Waals surface area (Å²) in [4.78, 5) is 14.2. The third-order valence-corrected chi connectivity index (χ3v) is 3.87. The van der Waals surface area contributed by atoms with Crippen LogP contribution in [0.1, 0.15) is 44.9 Å². The van der Waals surface area contributed by atoms with Gasteiger partial charge in [0.1, 0.15) is 6.04 Å². The predicted molar refractivity (Wildman–Crippen MR) is 80.0 cm³/mol. The molecule has 1 N–H and O–H groups in total. The van der Waals surface area contributed by atoms with Crippen LogP contribution in [0.5, 0.6) is 0 Å². The maximum atomic E-state index is 12.2. The molecule has 4 heteroatoms. The summed E-state index contributed by atoms with van der Waals surface area (Å²) in [6.45, 7) is 9.22. The second-order valence-corrected chi connectivity index (χ2v) is 5.66. The second kappa shape index (κ2) is 7.36. The second-order valence-electron chi connectivity index (χ2n) is 5.66. The van der Waals surface area contributed by atoms with Gasteiger partial charge in [-0.15, -0.1) is 6.58 Å². The summed E-state index contributed by atoms with van der Waals surface area (Å²) in [7, 11) is 0. The first-order valence-electron chi connectivity index (χ1n) is 7.72. The molecule has 1 aliphatic carbocycles. The zero-order valence-corrected chi connectivity index (χ0v) is 12.3. The first kappa shape index (κ1) is 14.9. The molecule has 1 heterocycles. The molecule has 0 aromatic carbocycles. The van der Waals surface area contributed by atoms with E-state index in [2.05, 4.69) is 18.5 Å². The zero-order chi connectivity index (χ0) is 14.4. The van der Waals surface area contributed by atoms with Gasteiger partial charge in [-0.1, -0.05) is 6.08 Å². The van der Waals surface area contributed by atoms with Crippen LogP contribution in [0.4, 0.5) is 0 Å². The lowest BCUT2D eigenvalue weighted by Gasteiger charge is -2.27. The molecule has 0 bridgehead atoms. The third-order valence-electron chi connectivity index (χ3n) is 3.87. The Labute approximate surface area is 121 Å². The average Bonchev–Trinajstić information content (AvgIpc) is 3.10. The zero-order valence-electron chi connectivity index (χ0n) is 12.3. The summed E-state index contributed by atoms with van der Waals surface area (Å²) in [5, 5.41) is 3.08.